The first-order valence-corrected chi connectivity index (χ1v) is 9.41. The smallest absolute Gasteiger partial charge is 0.351 e. The minimum atomic E-state index is -0.525. The standard InChI is InChI=1S/C19H25N7O3/c1-13-6-4-5-7-15(13)19(27)23-22-17-16(26(28)29)18(21-12-20-17)25(3)14-8-10-24(2)11-9-14/h4-7,12,14H,8-11H2,1-3H3,(H,23,27)(H,20,21,22). The highest BCUT2D eigenvalue weighted by atomic mass is 16.6. The molecule has 10 nitrogen and oxygen atoms in total. The van der Waals surface area contributed by atoms with E-state index in [9.17, 15) is 14.9 Å². The predicted octanol–water partition coefficient (Wildman–Crippen LogP) is 1.98. The molecule has 0 aliphatic carbocycles. The van der Waals surface area contributed by atoms with Crippen molar-refractivity contribution in [2.45, 2.75) is 25.8 Å². The van der Waals surface area contributed by atoms with E-state index < -0.39 is 10.8 Å². The number of benzene rings is 1. The van der Waals surface area contributed by atoms with Crippen LogP contribution in [0, 0.1) is 17.0 Å². The zero-order valence-corrected chi connectivity index (χ0v) is 16.8. The van der Waals surface area contributed by atoms with Crippen molar-refractivity contribution in [2.75, 3.05) is 37.5 Å². The summed E-state index contributed by atoms with van der Waals surface area (Å²) in [6, 6.07) is 7.23. The molecule has 1 aliphatic heterocycles. The molecule has 2 heterocycles. The molecule has 0 unspecified atom stereocenters. The summed E-state index contributed by atoms with van der Waals surface area (Å²) < 4.78 is 0. The number of nitrogens with zero attached hydrogens (tertiary/aromatic N) is 5. The van der Waals surface area contributed by atoms with E-state index in [2.05, 4.69) is 32.8 Å². The molecule has 2 aromatic rings. The van der Waals surface area contributed by atoms with Gasteiger partial charge in [-0.1, -0.05) is 18.2 Å². The molecule has 1 saturated heterocycles. The van der Waals surface area contributed by atoms with Gasteiger partial charge in [0.15, 0.2) is 0 Å². The number of aromatic nitrogens is 2. The fourth-order valence-electron chi connectivity index (χ4n) is 3.45. The monoisotopic (exact) mass is 399 g/mol. The number of rotatable bonds is 6. The lowest BCUT2D eigenvalue weighted by molar-refractivity contribution is -0.383. The van der Waals surface area contributed by atoms with Gasteiger partial charge >= 0.3 is 5.69 Å². The van der Waals surface area contributed by atoms with Gasteiger partial charge in [0.25, 0.3) is 5.91 Å². The third-order valence-electron chi connectivity index (χ3n) is 5.24. The number of hydrazine groups is 1. The van der Waals surface area contributed by atoms with Crippen LogP contribution in [-0.2, 0) is 0 Å². The molecule has 1 aliphatic rings. The second-order valence-corrected chi connectivity index (χ2v) is 7.19. The largest absolute Gasteiger partial charge is 0.355 e. The third-order valence-corrected chi connectivity index (χ3v) is 5.24. The lowest BCUT2D eigenvalue weighted by Gasteiger charge is -2.35. The minimum absolute atomic E-state index is 0.0540. The number of likely N-dealkylation sites (tertiary alicyclic amines) is 1. The van der Waals surface area contributed by atoms with Gasteiger partial charge in [-0.05, 0) is 51.5 Å². The van der Waals surface area contributed by atoms with Crippen molar-refractivity contribution in [1.29, 1.82) is 0 Å². The maximum atomic E-state index is 12.4. The Hall–Kier alpha value is -3.27. The van der Waals surface area contributed by atoms with Crippen molar-refractivity contribution in [3.8, 4) is 0 Å². The maximum Gasteiger partial charge on any atom is 0.355 e. The summed E-state index contributed by atoms with van der Waals surface area (Å²) in [7, 11) is 3.86. The van der Waals surface area contributed by atoms with Gasteiger partial charge in [0.05, 0.1) is 4.92 Å². The van der Waals surface area contributed by atoms with E-state index >= 15 is 0 Å². The number of carbonyl (C=O) groups excluding carboxylic acids is 1. The third kappa shape index (κ3) is 4.60. The van der Waals surface area contributed by atoms with Crippen molar-refractivity contribution < 1.29 is 9.72 Å². The number of aryl methyl sites for hydroxylation is 1. The highest BCUT2D eigenvalue weighted by Gasteiger charge is 2.30. The zero-order chi connectivity index (χ0) is 21.0. The second-order valence-electron chi connectivity index (χ2n) is 7.19. The lowest BCUT2D eigenvalue weighted by Crippen LogP contribution is -2.42. The SMILES string of the molecule is Cc1ccccc1C(=O)NNc1ncnc(N(C)C2CCN(C)CC2)c1[N+](=O)[O-]. The van der Waals surface area contributed by atoms with Crippen LogP contribution in [0.4, 0.5) is 17.3 Å². The number of hydrogen-bond donors (Lipinski definition) is 2. The second kappa shape index (κ2) is 8.82. The van der Waals surface area contributed by atoms with Gasteiger partial charge in [-0.2, -0.15) is 0 Å². The molecule has 29 heavy (non-hydrogen) atoms. The van der Waals surface area contributed by atoms with Crippen LogP contribution in [0.3, 0.4) is 0 Å². The molecule has 1 fully saturated rings. The van der Waals surface area contributed by atoms with Gasteiger partial charge in [0.1, 0.15) is 6.33 Å². The molecule has 3 rings (SSSR count). The van der Waals surface area contributed by atoms with Gasteiger partial charge in [-0.25, -0.2) is 9.97 Å². The van der Waals surface area contributed by atoms with Crippen molar-refractivity contribution in [3.05, 3.63) is 51.8 Å². The Morgan fingerprint density at radius 1 is 1.28 bits per heavy atom. The molecule has 2 N–H and O–H groups in total. The molecule has 0 bridgehead atoms. The number of piperidine rings is 1. The van der Waals surface area contributed by atoms with Gasteiger partial charge in [0.2, 0.25) is 11.6 Å². The quantitative estimate of drug-likeness (QED) is 0.559. The molecule has 1 aromatic carbocycles. The van der Waals surface area contributed by atoms with Gasteiger partial charge < -0.3 is 9.80 Å². The fraction of sp³-hybridized carbons (Fsp3) is 0.421. The summed E-state index contributed by atoms with van der Waals surface area (Å²) in [5, 5.41) is 11.8. The number of nitro groups is 1. The van der Waals surface area contributed by atoms with E-state index in [0.717, 1.165) is 31.5 Å². The first-order valence-electron chi connectivity index (χ1n) is 9.41. The van der Waals surface area contributed by atoms with Crippen LogP contribution in [0.15, 0.2) is 30.6 Å². The Bertz CT molecular complexity index is 897. The van der Waals surface area contributed by atoms with E-state index in [1.807, 2.05) is 24.0 Å². The summed E-state index contributed by atoms with van der Waals surface area (Å²) in [5.74, 6) is -0.227. The van der Waals surface area contributed by atoms with E-state index in [1.165, 1.54) is 6.33 Å². The highest BCUT2D eigenvalue weighted by molar-refractivity contribution is 5.96. The maximum absolute atomic E-state index is 12.4. The minimum Gasteiger partial charge on any atom is -0.351 e. The Balaban J connectivity index is 1.81. The number of nitrogens with one attached hydrogen (secondary N) is 2. The molecule has 0 radical (unpaired) electrons. The van der Waals surface area contributed by atoms with Crippen molar-refractivity contribution >= 4 is 23.2 Å². The number of amides is 1. The summed E-state index contributed by atoms with van der Waals surface area (Å²) >= 11 is 0. The van der Waals surface area contributed by atoms with E-state index in [1.54, 1.807) is 19.2 Å². The van der Waals surface area contributed by atoms with Gasteiger partial charge in [0, 0.05) is 18.7 Å². The first kappa shape index (κ1) is 20.5. The average Bonchev–Trinajstić information content (AvgIpc) is 2.72. The van der Waals surface area contributed by atoms with Gasteiger partial charge in [-0.3, -0.25) is 25.8 Å². The Kier molecular flexibility index (Phi) is 6.23. The van der Waals surface area contributed by atoms with Crippen LogP contribution in [0.2, 0.25) is 0 Å². The van der Waals surface area contributed by atoms with Crippen LogP contribution in [-0.4, -0.2) is 58.9 Å². The summed E-state index contributed by atoms with van der Waals surface area (Å²) in [5.41, 5.74) is 6.10. The summed E-state index contributed by atoms with van der Waals surface area (Å²) in [4.78, 5) is 35.9. The van der Waals surface area contributed by atoms with E-state index in [4.69, 9.17) is 0 Å². The van der Waals surface area contributed by atoms with Crippen LogP contribution >= 0.6 is 0 Å². The Morgan fingerprint density at radius 2 is 1.97 bits per heavy atom. The Labute approximate surface area is 169 Å². The van der Waals surface area contributed by atoms with Crippen molar-refractivity contribution in [2.24, 2.45) is 0 Å². The molecule has 0 atom stereocenters. The first-order chi connectivity index (χ1) is 13.9. The number of carbonyl (C=O) groups is 1. The fourth-order valence-corrected chi connectivity index (χ4v) is 3.45. The van der Waals surface area contributed by atoms with Crippen LogP contribution in [0.25, 0.3) is 0 Å². The molecule has 0 spiro atoms. The van der Waals surface area contributed by atoms with Crippen LogP contribution in [0.5, 0.6) is 0 Å². The molecule has 1 aromatic heterocycles. The molecular weight excluding hydrogens is 374 g/mol. The van der Waals surface area contributed by atoms with E-state index in [0.29, 0.717) is 5.56 Å². The zero-order valence-electron chi connectivity index (χ0n) is 16.8. The predicted molar refractivity (Wildman–Crippen MR) is 110 cm³/mol. The van der Waals surface area contributed by atoms with E-state index in [-0.39, 0.29) is 23.4 Å². The average molecular weight is 399 g/mol. The molecule has 10 heteroatoms. The van der Waals surface area contributed by atoms with Gasteiger partial charge in [-0.15, -0.1) is 0 Å². The highest BCUT2D eigenvalue weighted by Crippen LogP contribution is 2.33. The van der Waals surface area contributed by atoms with Crippen molar-refractivity contribution in [1.82, 2.24) is 20.3 Å². The Morgan fingerprint density at radius 3 is 2.62 bits per heavy atom. The topological polar surface area (TPSA) is 117 Å². The molecule has 1 amide bonds. The van der Waals surface area contributed by atoms with Crippen LogP contribution < -0.4 is 15.8 Å². The normalized spacial score (nSPS) is 15.0. The summed E-state index contributed by atoms with van der Waals surface area (Å²) in [6.45, 7) is 3.66. The number of hydrogen-bond acceptors (Lipinski definition) is 8. The molecule has 0 saturated carbocycles. The number of anilines is 2. The van der Waals surface area contributed by atoms with Crippen LogP contribution in [0.1, 0.15) is 28.8 Å². The molecular formula is C19H25N7O3. The molecule has 154 valence electrons. The van der Waals surface area contributed by atoms with Crippen molar-refractivity contribution in [3.63, 3.8) is 0 Å². The summed E-state index contributed by atoms with van der Waals surface area (Å²) in [6.07, 6.45) is 3.04. The lowest BCUT2D eigenvalue weighted by atomic mass is 10.0.